The Balaban J connectivity index is 1.79. The second-order valence-corrected chi connectivity index (χ2v) is 6.08. The molecule has 102 valence electrons. The van der Waals surface area contributed by atoms with Gasteiger partial charge < -0.3 is 5.32 Å². The number of nitrogens with one attached hydrogen (secondary N) is 1. The molecular formula is C12H23N5S. The predicted octanol–water partition coefficient (Wildman–Crippen LogP) is 2.10. The number of hydrogen-bond donors (Lipinski definition) is 1. The summed E-state index contributed by atoms with van der Waals surface area (Å²) in [5.74, 6) is 0. The van der Waals surface area contributed by atoms with Crippen molar-refractivity contribution in [3.8, 4) is 0 Å². The largest absolute Gasteiger partial charge is 0.315 e. The molecular weight excluding hydrogens is 246 g/mol. The molecule has 1 N–H and O–H groups in total. The predicted molar refractivity (Wildman–Crippen MR) is 73.7 cm³/mol. The summed E-state index contributed by atoms with van der Waals surface area (Å²) in [6, 6.07) is 0. The van der Waals surface area contributed by atoms with Crippen LogP contribution >= 0.6 is 11.8 Å². The smallest absolute Gasteiger partial charge is 0.209 e. The highest BCUT2D eigenvalue weighted by atomic mass is 32.2. The molecule has 6 heteroatoms. The van der Waals surface area contributed by atoms with Crippen molar-refractivity contribution in [3.05, 3.63) is 0 Å². The minimum absolute atomic E-state index is 0.715. The zero-order valence-electron chi connectivity index (χ0n) is 11.1. The lowest BCUT2D eigenvalue weighted by atomic mass is 10.0. The van der Waals surface area contributed by atoms with Crippen molar-refractivity contribution in [3.63, 3.8) is 0 Å². The van der Waals surface area contributed by atoms with Crippen LogP contribution in [-0.4, -0.2) is 38.5 Å². The molecule has 0 atom stereocenters. The molecule has 18 heavy (non-hydrogen) atoms. The van der Waals surface area contributed by atoms with E-state index < -0.39 is 0 Å². The summed E-state index contributed by atoms with van der Waals surface area (Å²) in [7, 11) is 0. The van der Waals surface area contributed by atoms with E-state index in [9.17, 15) is 0 Å². The van der Waals surface area contributed by atoms with E-state index >= 15 is 0 Å². The van der Waals surface area contributed by atoms with Crippen LogP contribution in [0.4, 0.5) is 0 Å². The van der Waals surface area contributed by atoms with E-state index in [-0.39, 0.29) is 0 Å². The van der Waals surface area contributed by atoms with Crippen LogP contribution in [0.25, 0.3) is 0 Å². The van der Waals surface area contributed by atoms with Crippen molar-refractivity contribution in [2.24, 2.45) is 0 Å². The number of rotatable bonds is 7. The van der Waals surface area contributed by atoms with Crippen LogP contribution in [0.15, 0.2) is 5.16 Å². The highest BCUT2D eigenvalue weighted by Gasteiger charge is 2.18. The van der Waals surface area contributed by atoms with Gasteiger partial charge in [-0.2, -0.15) is 0 Å². The van der Waals surface area contributed by atoms with E-state index in [0.29, 0.717) is 5.25 Å². The molecule has 2 rings (SSSR count). The normalized spacial score (nSPS) is 17.2. The Morgan fingerprint density at radius 2 is 2.11 bits per heavy atom. The van der Waals surface area contributed by atoms with Gasteiger partial charge in [-0.1, -0.05) is 37.9 Å². The third kappa shape index (κ3) is 4.24. The molecule has 1 saturated carbocycles. The molecule has 0 unspecified atom stereocenters. The van der Waals surface area contributed by atoms with Crippen LogP contribution in [-0.2, 0) is 6.54 Å². The van der Waals surface area contributed by atoms with Gasteiger partial charge in [-0.25, -0.2) is 4.68 Å². The highest BCUT2D eigenvalue weighted by Crippen LogP contribution is 2.31. The first-order chi connectivity index (χ1) is 8.90. The average Bonchev–Trinajstić information content (AvgIpc) is 2.83. The maximum Gasteiger partial charge on any atom is 0.209 e. The zero-order chi connectivity index (χ0) is 12.6. The van der Waals surface area contributed by atoms with Crippen molar-refractivity contribution in [1.29, 1.82) is 0 Å². The van der Waals surface area contributed by atoms with Gasteiger partial charge in [-0.15, -0.1) is 5.10 Å². The van der Waals surface area contributed by atoms with E-state index in [1.165, 1.54) is 38.5 Å². The maximum absolute atomic E-state index is 4.15. The minimum Gasteiger partial charge on any atom is -0.315 e. The fraction of sp³-hybridized carbons (Fsp3) is 0.917. The molecule has 1 heterocycles. The van der Waals surface area contributed by atoms with Crippen LogP contribution in [0.3, 0.4) is 0 Å². The molecule has 0 aliphatic heterocycles. The summed E-state index contributed by atoms with van der Waals surface area (Å²) in [5.41, 5.74) is 0. The number of nitrogens with zero attached hydrogens (tertiary/aromatic N) is 4. The van der Waals surface area contributed by atoms with Gasteiger partial charge in [0.2, 0.25) is 5.16 Å². The van der Waals surface area contributed by atoms with Gasteiger partial charge in [0.05, 0.1) is 6.54 Å². The molecule has 1 fully saturated rings. The zero-order valence-corrected chi connectivity index (χ0v) is 12.0. The van der Waals surface area contributed by atoms with Crippen molar-refractivity contribution in [2.45, 2.75) is 62.4 Å². The Kier molecular flexibility index (Phi) is 5.93. The summed E-state index contributed by atoms with van der Waals surface area (Å²) in [6.07, 6.45) is 7.90. The summed E-state index contributed by atoms with van der Waals surface area (Å²) in [5, 5.41) is 17.1. The van der Waals surface area contributed by atoms with Crippen LogP contribution in [0.2, 0.25) is 0 Å². The Bertz CT molecular complexity index is 335. The number of hydrogen-bond acceptors (Lipinski definition) is 5. The molecule has 1 aliphatic carbocycles. The van der Waals surface area contributed by atoms with Crippen LogP contribution in [0.5, 0.6) is 0 Å². The maximum atomic E-state index is 4.15. The van der Waals surface area contributed by atoms with Crippen LogP contribution < -0.4 is 5.32 Å². The molecule has 0 spiro atoms. The Labute approximate surface area is 113 Å². The van der Waals surface area contributed by atoms with E-state index in [0.717, 1.165) is 24.8 Å². The summed E-state index contributed by atoms with van der Waals surface area (Å²) in [4.78, 5) is 0. The third-order valence-corrected chi connectivity index (χ3v) is 4.56. The Morgan fingerprint density at radius 1 is 1.28 bits per heavy atom. The lowest BCUT2D eigenvalue weighted by Crippen LogP contribution is -2.22. The molecule has 1 aliphatic rings. The fourth-order valence-electron chi connectivity index (χ4n) is 2.24. The molecule has 0 radical (unpaired) electrons. The van der Waals surface area contributed by atoms with Crippen molar-refractivity contribution in [1.82, 2.24) is 25.5 Å². The molecule has 1 aromatic heterocycles. The van der Waals surface area contributed by atoms with Crippen molar-refractivity contribution in [2.75, 3.05) is 13.1 Å². The standard InChI is InChI=1S/C12H23N5S/c1-2-8-13-9-10-17-12(14-15-16-17)18-11-6-4-3-5-7-11/h11,13H,2-10H2,1H3. The lowest BCUT2D eigenvalue weighted by Gasteiger charge is -2.20. The Morgan fingerprint density at radius 3 is 2.89 bits per heavy atom. The summed E-state index contributed by atoms with van der Waals surface area (Å²) >= 11 is 1.86. The van der Waals surface area contributed by atoms with Crippen molar-refractivity contribution < 1.29 is 0 Å². The number of tetrazole rings is 1. The van der Waals surface area contributed by atoms with Gasteiger partial charge in [0.1, 0.15) is 0 Å². The monoisotopic (exact) mass is 269 g/mol. The van der Waals surface area contributed by atoms with Gasteiger partial charge in [0, 0.05) is 11.8 Å². The molecule has 0 bridgehead atoms. The second kappa shape index (κ2) is 7.74. The van der Waals surface area contributed by atoms with Crippen LogP contribution in [0.1, 0.15) is 45.4 Å². The molecule has 0 amide bonds. The first-order valence-corrected chi connectivity index (χ1v) is 7.91. The Hall–Kier alpha value is -0.620. The second-order valence-electron chi connectivity index (χ2n) is 4.81. The van der Waals surface area contributed by atoms with E-state index in [2.05, 4.69) is 27.8 Å². The van der Waals surface area contributed by atoms with Crippen LogP contribution in [0, 0.1) is 0 Å². The first-order valence-electron chi connectivity index (χ1n) is 7.03. The number of thioether (sulfide) groups is 1. The molecule has 0 aromatic carbocycles. The van der Waals surface area contributed by atoms with Gasteiger partial charge in [-0.3, -0.25) is 0 Å². The molecule has 0 saturated heterocycles. The van der Waals surface area contributed by atoms with E-state index in [1.54, 1.807) is 0 Å². The van der Waals surface area contributed by atoms with Crippen molar-refractivity contribution >= 4 is 11.8 Å². The first kappa shape index (κ1) is 13.8. The molecule has 1 aromatic rings. The van der Waals surface area contributed by atoms with E-state index in [1.807, 2.05) is 16.4 Å². The molecule has 5 nitrogen and oxygen atoms in total. The van der Waals surface area contributed by atoms with Gasteiger partial charge in [0.15, 0.2) is 0 Å². The SMILES string of the molecule is CCCNCCn1nnnc1SC1CCCCC1. The van der Waals surface area contributed by atoms with Gasteiger partial charge in [-0.05, 0) is 36.2 Å². The highest BCUT2D eigenvalue weighted by molar-refractivity contribution is 7.99. The summed E-state index contributed by atoms with van der Waals surface area (Å²) < 4.78 is 1.93. The average molecular weight is 269 g/mol. The number of aromatic nitrogens is 4. The lowest BCUT2D eigenvalue weighted by molar-refractivity contribution is 0.500. The minimum atomic E-state index is 0.715. The topological polar surface area (TPSA) is 55.6 Å². The van der Waals surface area contributed by atoms with Gasteiger partial charge >= 0.3 is 0 Å². The fourth-order valence-corrected chi connectivity index (χ4v) is 3.44. The van der Waals surface area contributed by atoms with E-state index in [4.69, 9.17) is 0 Å². The third-order valence-electron chi connectivity index (χ3n) is 3.25. The van der Waals surface area contributed by atoms with Gasteiger partial charge in [0.25, 0.3) is 0 Å². The summed E-state index contributed by atoms with van der Waals surface area (Å²) in [6.45, 7) is 5.04. The quantitative estimate of drug-likeness (QED) is 0.768.